The van der Waals surface area contributed by atoms with E-state index in [9.17, 15) is 5.11 Å². The predicted molar refractivity (Wildman–Crippen MR) is 56.4 cm³/mol. The van der Waals surface area contributed by atoms with Crippen LogP contribution in [0.3, 0.4) is 0 Å². The van der Waals surface area contributed by atoms with Gasteiger partial charge in [-0.2, -0.15) is 0 Å². The van der Waals surface area contributed by atoms with Gasteiger partial charge in [-0.1, -0.05) is 30.3 Å². The third-order valence-corrected chi connectivity index (χ3v) is 2.32. The van der Waals surface area contributed by atoms with Crippen LogP contribution in [0.4, 0.5) is 0 Å². The fraction of sp³-hybridized carbons (Fsp3) is 0.167. The third kappa shape index (κ3) is 1.56. The molecule has 0 radical (unpaired) electrons. The van der Waals surface area contributed by atoms with Crippen LogP contribution in [0.2, 0.25) is 0 Å². The van der Waals surface area contributed by atoms with Gasteiger partial charge in [0.25, 0.3) is 0 Å². The molecule has 72 valence electrons. The number of rotatable bonds is 2. The van der Waals surface area contributed by atoms with E-state index in [-0.39, 0.29) is 6.61 Å². The largest absolute Gasteiger partial charge is 0.507 e. The minimum atomic E-state index is 0.157. The summed E-state index contributed by atoms with van der Waals surface area (Å²) in [5, 5.41) is 20.2. The van der Waals surface area contributed by atoms with Crippen molar-refractivity contribution in [2.45, 2.75) is 6.42 Å². The standard InChI is InChI=1S/C12H12O2/c13-7-6-9-4-5-11-10(8-9)2-1-3-12(11)14/h1-5,8,13-14H,6-7H2. The summed E-state index contributed by atoms with van der Waals surface area (Å²) in [5.74, 6) is 0.304. The Morgan fingerprint density at radius 3 is 2.71 bits per heavy atom. The number of aromatic hydroxyl groups is 1. The van der Waals surface area contributed by atoms with Crippen molar-refractivity contribution in [2.75, 3.05) is 6.61 Å². The fourth-order valence-electron chi connectivity index (χ4n) is 1.60. The van der Waals surface area contributed by atoms with Gasteiger partial charge >= 0.3 is 0 Å². The van der Waals surface area contributed by atoms with Gasteiger partial charge in [0.15, 0.2) is 0 Å². The monoisotopic (exact) mass is 188 g/mol. The molecule has 0 aliphatic rings. The van der Waals surface area contributed by atoms with Crippen molar-refractivity contribution < 1.29 is 10.2 Å². The Morgan fingerprint density at radius 2 is 1.93 bits per heavy atom. The molecule has 0 heterocycles. The first-order chi connectivity index (χ1) is 6.81. The molecular weight excluding hydrogens is 176 g/mol. The maximum absolute atomic E-state index is 9.54. The molecular formula is C12H12O2. The van der Waals surface area contributed by atoms with Gasteiger partial charge in [0.1, 0.15) is 5.75 Å². The average Bonchev–Trinajstić information content (AvgIpc) is 2.18. The highest BCUT2D eigenvalue weighted by Gasteiger charge is 1.99. The van der Waals surface area contributed by atoms with Crippen molar-refractivity contribution in [2.24, 2.45) is 0 Å². The number of phenolic OH excluding ortho intramolecular Hbond substituents is 1. The molecule has 2 rings (SSSR count). The molecule has 0 atom stereocenters. The summed E-state index contributed by atoms with van der Waals surface area (Å²) in [6.07, 6.45) is 0.658. The van der Waals surface area contributed by atoms with Crippen molar-refractivity contribution >= 4 is 10.8 Å². The van der Waals surface area contributed by atoms with Crippen LogP contribution in [0.1, 0.15) is 5.56 Å². The van der Waals surface area contributed by atoms with E-state index in [1.807, 2.05) is 30.3 Å². The molecule has 0 unspecified atom stereocenters. The van der Waals surface area contributed by atoms with Crippen LogP contribution in [-0.4, -0.2) is 16.8 Å². The summed E-state index contributed by atoms with van der Waals surface area (Å²) >= 11 is 0. The van der Waals surface area contributed by atoms with Gasteiger partial charge in [-0.3, -0.25) is 0 Å². The number of aliphatic hydroxyl groups excluding tert-OH is 1. The molecule has 0 bridgehead atoms. The molecule has 0 saturated heterocycles. The molecule has 2 aromatic carbocycles. The lowest BCUT2D eigenvalue weighted by Crippen LogP contribution is -1.89. The summed E-state index contributed by atoms with van der Waals surface area (Å²) in [7, 11) is 0. The average molecular weight is 188 g/mol. The van der Waals surface area contributed by atoms with Crippen molar-refractivity contribution in [3.8, 4) is 5.75 Å². The minimum Gasteiger partial charge on any atom is -0.507 e. The van der Waals surface area contributed by atoms with Gasteiger partial charge in [-0.05, 0) is 23.4 Å². The second-order valence-electron chi connectivity index (χ2n) is 3.31. The second-order valence-corrected chi connectivity index (χ2v) is 3.31. The van der Waals surface area contributed by atoms with Gasteiger partial charge in [0, 0.05) is 12.0 Å². The maximum atomic E-state index is 9.54. The molecule has 2 N–H and O–H groups in total. The number of phenols is 1. The number of hydrogen-bond acceptors (Lipinski definition) is 2. The smallest absolute Gasteiger partial charge is 0.123 e. The normalized spacial score (nSPS) is 10.6. The van der Waals surface area contributed by atoms with Gasteiger partial charge in [-0.25, -0.2) is 0 Å². The number of benzene rings is 2. The summed E-state index contributed by atoms with van der Waals surface area (Å²) in [6.45, 7) is 0.157. The zero-order valence-corrected chi connectivity index (χ0v) is 7.77. The fourth-order valence-corrected chi connectivity index (χ4v) is 1.60. The lowest BCUT2D eigenvalue weighted by Gasteiger charge is -2.03. The number of aliphatic hydroxyl groups is 1. The van der Waals surface area contributed by atoms with Crippen molar-refractivity contribution in [1.82, 2.24) is 0 Å². The van der Waals surface area contributed by atoms with Crippen LogP contribution < -0.4 is 0 Å². The van der Waals surface area contributed by atoms with Gasteiger partial charge in [0.2, 0.25) is 0 Å². The molecule has 0 saturated carbocycles. The first kappa shape index (κ1) is 9.03. The maximum Gasteiger partial charge on any atom is 0.123 e. The SMILES string of the molecule is OCCc1ccc2c(O)cccc2c1. The second kappa shape index (κ2) is 3.68. The Kier molecular flexibility index (Phi) is 2.37. The molecule has 14 heavy (non-hydrogen) atoms. The summed E-state index contributed by atoms with van der Waals surface area (Å²) < 4.78 is 0. The molecule has 0 aliphatic carbocycles. The van der Waals surface area contributed by atoms with Crippen LogP contribution in [-0.2, 0) is 6.42 Å². The van der Waals surface area contributed by atoms with Crippen LogP contribution >= 0.6 is 0 Å². The van der Waals surface area contributed by atoms with E-state index in [2.05, 4.69) is 0 Å². The quantitative estimate of drug-likeness (QED) is 0.757. The highest BCUT2D eigenvalue weighted by atomic mass is 16.3. The van der Waals surface area contributed by atoms with Gasteiger partial charge in [-0.15, -0.1) is 0 Å². The Balaban J connectivity index is 2.56. The Morgan fingerprint density at radius 1 is 1.07 bits per heavy atom. The topological polar surface area (TPSA) is 40.5 Å². The van der Waals surface area contributed by atoms with E-state index in [4.69, 9.17) is 5.11 Å². The molecule has 2 aromatic rings. The molecule has 0 aliphatic heterocycles. The minimum absolute atomic E-state index is 0.157. The third-order valence-electron chi connectivity index (χ3n) is 2.32. The van der Waals surface area contributed by atoms with E-state index in [1.165, 1.54) is 0 Å². The molecule has 2 heteroatoms. The summed E-state index contributed by atoms with van der Waals surface area (Å²) in [4.78, 5) is 0. The van der Waals surface area contributed by atoms with Crippen molar-refractivity contribution in [1.29, 1.82) is 0 Å². The van der Waals surface area contributed by atoms with Crippen LogP contribution in [0.5, 0.6) is 5.75 Å². The zero-order chi connectivity index (χ0) is 9.97. The zero-order valence-electron chi connectivity index (χ0n) is 7.77. The summed E-state index contributed by atoms with van der Waals surface area (Å²) in [5.41, 5.74) is 1.09. The molecule has 0 fully saturated rings. The lowest BCUT2D eigenvalue weighted by molar-refractivity contribution is 0.299. The van der Waals surface area contributed by atoms with Gasteiger partial charge in [0.05, 0.1) is 0 Å². The molecule has 0 amide bonds. The van der Waals surface area contributed by atoms with Crippen molar-refractivity contribution in [3.63, 3.8) is 0 Å². The van der Waals surface area contributed by atoms with Gasteiger partial charge < -0.3 is 10.2 Å². The lowest BCUT2D eigenvalue weighted by atomic mass is 10.0. The van der Waals surface area contributed by atoms with Crippen molar-refractivity contribution in [3.05, 3.63) is 42.0 Å². The van der Waals surface area contributed by atoms with E-state index >= 15 is 0 Å². The Hall–Kier alpha value is -1.54. The highest BCUT2D eigenvalue weighted by Crippen LogP contribution is 2.24. The van der Waals surface area contributed by atoms with E-state index in [0.29, 0.717) is 12.2 Å². The number of hydrogen-bond donors (Lipinski definition) is 2. The molecule has 2 nitrogen and oxygen atoms in total. The highest BCUT2D eigenvalue weighted by molar-refractivity contribution is 5.88. The van der Waals surface area contributed by atoms with E-state index in [0.717, 1.165) is 16.3 Å². The first-order valence-corrected chi connectivity index (χ1v) is 4.63. The Bertz CT molecular complexity index is 449. The molecule has 0 aromatic heterocycles. The van der Waals surface area contributed by atoms with E-state index < -0.39 is 0 Å². The van der Waals surface area contributed by atoms with Crippen LogP contribution in [0.15, 0.2) is 36.4 Å². The summed E-state index contributed by atoms with van der Waals surface area (Å²) in [6, 6.07) is 11.3. The van der Waals surface area contributed by atoms with Crippen LogP contribution in [0, 0.1) is 0 Å². The van der Waals surface area contributed by atoms with Crippen LogP contribution in [0.25, 0.3) is 10.8 Å². The Labute approximate surface area is 82.4 Å². The predicted octanol–water partition coefficient (Wildman–Crippen LogP) is 2.08. The van der Waals surface area contributed by atoms with E-state index in [1.54, 1.807) is 6.07 Å². The first-order valence-electron chi connectivity index (χ1n) is 4.63. The molecule has 0 spiro atoms. The number of fused-ring (bicyclic) bond motifs is 1.